The molecule has 0 spiro atoms. The first-order valence-corrected chi connectivity index (χ1v) is 4.38. The third kappa shape index (κ3) is 4.70. The first-order chi connectivity index (χ1) is 8.62. The Morgan fingerprint density at radius 2 is 1.35 bits per heavy atom. The second-order valence-corrected chi connectivity index (χ2v) is 3.15. The smallest absolute Gasteiger partial charge is 0.481 e. The molecule has 0 aromatic carbocycles. The molecule has 0 atom stereocenters. The van der Waals surface area contributed by atoms with Gasteiger partial charge in [0.25, 0.3) is 0 Å². The van der Waals surface area contributed by atoms with Gasteiger partial charge in [-0.1, -0.05) is 0 Å². The Balaban J connectivity index is 5.02. The average Bonchev–Trinajstić information content (AvgIpc) is 2.11. The number of hydrogen-bond donors (Lipinski definition) is 1. The molecule has 0 rings (SSSR count). The maximum absolute atomic E-state index is 12.6. The van der Waals surface area contributed by atoms with Crippen LogP contribution >= 0.6 is 0 Å². The highest BCUT2D eigenvalue weighted by molar-refractivity contribution is 5.66. The van der Waals surface area contributed by atoms with E-state index in [1.807, 2.05) is 0 Å². The van der Waals surface area contributed by atoms with E-state index in [-0.39, 0.29) is 0 Å². The van der Waals surface area contributed by atoms with E-state index in [2.05, 4.69) is 4.74 Å². The molecule has 20 heavy (non-hydrogen) atoms. The quantitative estimate of drug-likeness (QED) is 0.732. The van der Waals surface area contributed by atoms with Gasteiger partial charge in [-0.25, -0.2) is 4.74 Å². The first kappa shape index (κ1) is 18.8. The van der Waals surface area contributed by atoms with Gasteiger partial charge in [0.2, 0.25) is 0 Å². The van der Waals surface area contributed by atoms with Crippen molar-refractivity contribution >= 4 is 5.97 Å². The van der Waals surface area contributed by atoms with Gasteiger partial charge in [-0.2, -0.15) is 26.3 Å². The number of hydrogen-bond acceptors (Lipinski definition) is 3. The van der Waals surface area contributed by atoms with Crippen molar-refractivity contribution in [3.63, 3.8) is 0 Å². The summed E-state index contributed by atoms with van der Waals surface area (Å²) in [7, 11) is 0. The summed E-state index contributed by atoms with van der Waals surface area (Å²) in [5, 5.41) is 7.99. The lowest BCUT2D eigenvalue weighted by Gasteiger charge is -2.31. The van der Waals surface area contributed by atoms with Crippen LogP contribution < -0.4 is 0 Å². The number of ether oxygens (including phenoxy) is 2. The van der Waals surface area contributed by atoms with Crippen LogP contribution in [0.15, 0.2) is 0 Å². The molecule has 120 valence electrons. The summed E-state index contributed by atoms with van der Waals surface area (Å²) in [5.41, 5.74) is 0. The Kier molecular flexibility index (Phi) is 5.28. The van der Waals surface area contributed by atoms with Gasteiger partial charge in [0.05, 0.1) is 13.0 Å². The van der Waals surface area contributed by atoms with E-state index in [9.17, 15) is 44.3 Å². The van der Waals surface area contributed by atoms with Crippen molar-refractivity contribution in [3.8, 4) is 0 Å². The van der Waals surface area contributed by atoms with Crippen LogP contribution in [-0.4, -0.2) is 42.2 Å². The summed E-state index contributed by atoms with van der Waals surface area (Å²) >= 11 is 0. The zero-order valence-corrected chi connectivity index (χ0v) is 8.99. The summed E-state index contributed by atoms with van der Waals surface area (Å²) in [4.78, 5) is 9.89. The lowest BCUT2D eigenvalue weighted by molar-refractivity contribution is -0.506. The molecule has 0 heterocycles. The van der Waals surface area contributed by atoms with Crippen molar-refractivity contribution in [1.82, 2.24) is 0 Å². The molecule has 0 aliphatic carbocycles. The number of carbonyl (C=O) groups is 1. The van der Waals surface area contributed by atoms with Crippen molar-refractivity contribution in [1.29, 1.82) is 0 Å². The normalized spacial score (nSPS) is 14.4. The number of carboxylic acid groups (broad SMARTS) is 1. The minimum Gasteiger partial charge on any atom is -0.481 e. The Labute approximate surface area is 104 Å². The molecule has 0 bridgehead atoms. The zero-order chi connectivity index (χ0) is 16.4. The highest BCUT2D eigenvalue weighted by Crippen LogP contribution is 2.48. The van der Waals surface area contributed by atoms with Gasteiger partial charge < -0.3 is 9.84 Å². The van der Waals surface area contributed by atoms with E-state index in [4.69, 9.17) is 5.11 Å². The van der Waals surface area contributed by atoms with Gasteiger partial charge in [0, 0.05) is 0 Å². The number of alkyl halides is 9. The fraction of sp³-hybridized carbons (Fsp3) is 0.857. The second kappa shape index (κ2) is 5.63. The van der Waals surface area contributed by atoms with Crippen LogP contribution in [0, 0.1) is 0 Å². The molecule has 0 aliphatic heterocycles. The van der Waals surface area contributed by atoms with Crippen molar-refractivity contribution in [3.05, 3.63) is 0 Å². The highest BCUT2D eigenvalue weighted by Gasteiger charge is 2.76. The fourth-order valence-corrected chi connectivity index (χ4v) is 0.736. The average molecular weight is 324 g/mol. The third-order valence-electron chi connectivity index (χ3n) is 1.57. The maximum atomic E-state index is 12.6. The lowest BCUT2D eigenvalue weighted by atomic mass is 10.3. The number of aliphatic carboxylic acids is 1. The number of halogens is 9. The Hall–Kier alpha value is -1.24. The summed E-state index contributed by atoms with van der Waals surface area (Å²) < 4.78 is 114. The minimum atomic E-state index is -6.69. The summed E-state index contributed by atoms with van der Waals surface area (Å²) in [6.45, 7) is -1.64. The molecule has 1 N–H and O–H groups in total. The molecule has 0 aliphatic rings. The largest absolute Gasteiger partial charge is 0.527 e. The summed E-state index contributed by atoms with van der Waals surface area (Å²) in [6, 6.07) is 0. The molecule has 0 saturated heterocycles. The SMILES string of the molecule is O=C(O)CCOC(F)(F)C(F)(F)C(F)(F)OC(F)(F)F. The molecule has 0 aromatic heterocycles. The second-order valence-electron chi connectivity index (χ2n) is 3.15. The third-order valence-corrected chi connectivity index (χ3v) is 1.57. The fourth-order valence-electron chi connectivity index (χ4n) is 0.736. The molecule has 0 saturated carbocycles. The molecular formula is C7H5F9O4. The standard InChI is InChI=1S/C7H5F9O4/c8-4(9,6(12,13)20-7(14,15)16)5(10,11)19-2-1-3(17)18/h1-2H2,(H,17,18). The van der Waals surface area contributed by atoms with Crippen LogP contribution in [0.25, 0.3) is 0 Å². The predicted molar refractivity (Wildman–Crippen MR) is 40.2 cm³/mol. The Bertz CT molecular complexity index is 351. The van der Waals surface area contributed by atoms with Crippen LogP contribution in [0.1, 0.15) is 6.42 Å². The van der Waals surface area contributed by atoms with E-state index < -0.39 is 43.5 Å². The van der Waals surface area contributed by atoms with Crippen LogP contribution in [-0.2, 0) is 14.3 Å². The van der Waals surface area contributed by atoms with Gasteiger partial charge in [-0.3, -0.25) is 4.79 Å². The lowest BCUT2D eigenvalue weighted by Crippen LogP contribution is -2.58. The maximum Gasteiger partial charge on any atom is 0.527 e. The van der Waals surface area contributed by atoms with Crippen molar-refractivity contribution in [2.45, 2.75) is 30.9 Å². The van der Waals surface area contributed by atoms with E-state index in [0.717, 1.165) is 0 Å². The van der Waals surface area contributed by atoms with Gasteiger partial charge in [-0.15, -0.1) is 13.2 Å². The van der Waals surface area contributed by atoms with E-state index >= 15 is 0 Å². The number of rotatable bonds is 7. The number of carboxylic acids is 1. The molecule has 0 aromatic rings. The van der Waals surface area contributed by atoms with Crippen LogP contribution in [0.2, 0.25) is 0 Å². The first-order valence-electron chi connectivity index (χ1n) is 4.38. The zero-order valence-electron chi connectivity index (χ0n) is 8.99. The van der Waals surface area contributed by atoms with Gasteiger partial charge in [0.1, 0.15) is 0 Å². The Morgan fingerprint density at radius 1 is 0.900 bits per heavy atom. The van der Waals surface area contributed by atoms with Crippen LogP contribution in [0.5, 0.6) is 0 Å². The summed E-state index contributed by atoms with van der Waals surface area (Å²) in [5.74, 6) is -8.48. The van der Waals surface area contributed by atoms with Crippen LogP contribution in [0.3, 0.4) is 0 Å². The molecule has 0 amide bonds. The predicted octanol–water partition coefficient (Wildman–Crippen LogP) is 2.84. The Morgan fingerprint density at radius 3 is 1.70 bits per heavy atom. The van der Waals surface area contributed by atoms with Gasteiger partial charge in [-0.05, 0) is 0 Å². The van der Waals surface area contributed by atoms with Gasteiger partial charge >= 0.3 is 30.5 Å². The van der Waals surface area contributed by atoms with Crippen molar-refractivity contribution in [2.24, 2.45) is 0 Å². The van der Waals surface area contributed by atoms with E-state index in [1.165, 1.54) is 0 Å². The van der Waals surface area contributed by atoms with Crippen molar-refractivity contribution in [2.75, 3.05) is 6.61 Å². The minimum absolute atomic E-state index is 1.27. The molecule has 13 heteroatoms. The van der Waals surface area contributed by atoms with E-state index in [1.54, 1.807) is 4.74 Å². The molecular weight excluding hydrogens is 319 g/mol. The van der Waals surface area contributed by atoms with Gasteiger partial charge in [0.15, 0.2) is 0 Å². The topological polar surface area (TPSA) is 55.8 Å². The monoisotopic (exact) mass is 324 g/mol. The van der Waals surface area contributed by atoms with Crippen LogP contribution in [0.4, 0.5) is 39.5 Å². The highest BCUT2D eigenvalue weighted by atomic mass is 19.4. The van der Waals surface area contributed by atoms with Crippen molar-refractivity contribution < 1.29 is 58.9 Å². The molecule has 4 nitrogen and oxygen atoms in total. The molecule has 0 radical (unpaired) electrons. The van der Waals surface area contributed by atoms with E-state index in [0.29, 0.717) is 0 Å². The molecule has 0 unspecified atom stereocenters. The summed E-state index contributed by atoms with van der Waals surface area (Å²) in [6.07, 6.45) is -20.3. The molecule has 0 fully saturated rings.